The van der Waals surface area contributed by atoms with Gasteiger partial charge in [0.2, 0.25) is 0 Å². The molecule has 1 heterocycles. The van der Waals surface area contributed by atoms with E-state index in [4.69, 9.17) is 10.5 Å². The molecular weight excluding hydrogens is 307 g/mol. The Morgan fingerprint density at radius 3 is 2.71 bits per heavy atom. The first kappa shape index (κ1) is 16.5. The number of hydrogen-bond acceptors (Lipinski definition) is 3. The van der Waals surface area contributed by atoms with Crippen molar-refractivity contribution in [3.8, 4) is 5.75 Å². The highest BCUT2D eigenvalue weighted by Crippen LogP contribution is 2.37. The number of ether oxygens (including phenoxy) is 1. The van der Waals surface area contributed by atoms with E-state index in [-0.39, 0.29) is 24.3 Å². The molecule has 0 radical (unpaired) electrons. The summed E-state index contributed by atoms with van der Waals surface area (Å²) >= 11 is 0. The largest absolute Gasteiger partial charge is 0.478 e. The number of amides is 1. The second-order valence-electron chi connectivity index (χ2n) is 6.05. The van der Waals surface area contributed by atoms with Gasteiger partial charge in [0.1, 0.15) is 11.6 Å². The van der Waals surface area contributed by atoms with Gasteiger partial charge in [-0.15, -0.1) is 0 Å². The predicted molar refractivity (Wildman–Crippen MR) is 91.3 cm³/mol. The van der Waals surface area contributed by atoms with Gasteiger partial charge in [-0.1, -0.05) is 31.2 Å². The maximum Gasteiger partial charge on any atom is 0.268 e. The highest BCUT2D eigenvalue weighted by atomic mass is 19.1. The van der Waals surface area contributed by atoms with Crippen molar-refractivity contribution in [3.63, 3.8) is 0 Å². The van der Waals surface area contributed by atoms with E-state index in [2.05, 4.69) is 0 Å². The average molecular weight is 328 g/mol. The molecular formula is C19H21FN2O2. The van der Waals surface area contributed by atoms with Gasteiger partial charge in [-0.25, -0.2) is 4.39 Å². The Balaban J connectivity index is 2.04. The molecule has 0 spiro atoms. The molecule has 0 bridgehead atoms. The topological polar surface area (TPSA) is 55.6 Å². The highest BCUT2D eigenvalue weighted by Gasteiger charge is 2.34. The van der Waals surface area contributed by atoms with Gasteiger partial charge in [0, 0.05) is 11.6 Å². The molecule has 126 valence electrons. The maximum absolute atomic E-state index is 14.0. The molecule has 24 heavy (non-hydrogen) atoms. The van der Waals surface area contributed by atoms with Crippen molar-refractivity contribution in [1.29, 1.82) is 0 Å². The number of nitrogens with two attached hydrogens (primary N) is 1. The molecule has 2 atom stereocenters. The van der Waals surface area contributed by atoms with E-state index in [1.54, 1.807) is 23.1 Å². The summed E-state index contributed by atoms with van der Waals surface area (Å²) in [5, 5.41) is 0. The van der Waals surface area contributed by atoms with E-state index in [9.17, 15) is 9.18 Å². The number of benzene rings is 2. The fourth-order valence-corrected chi connectivity index (χ4v) is 2.84. The summed E-state index contributed by atoms with van der Waals surface area (Å²) in [7, 11) is 0. The molecule has 2 aromatic rings. The lowest BCUT2D eigenvalue weighted by Crippen LogP contribution is -2.45. The van der Waals surface area contributed by atoms with Crippen LogP contribution in [0.15, 0.2) is 42.5 Å². The van der Waals surface area contributed by atoms with Crippen LogP contribution in [0.5, 0.6) is 5.75 Å². The van der Waals surface area contributed by atoms with E-state index >= 15 is 0 Å². The smallest absolute Gasteiger partial charge is 0.268 e. The summed E-state index contributed by atoms with van der Waals surface area (Å²) in [4.78, 5) is 14.4. The van der Waals surface area contributed by atoms with Crippen LogP contribution >= 0.6 is 0 Å². The Labute approximate surface area is 141 Å². The molecule has 2 unspecified atom stereocenters. The Morgan fingerprint density at radius 1 is 1.29 bits per heavy atom. The molecule has 0 aliphatic carbocycles. The first-order chi connectivity index (χ1) is 11.5. The van der Waals surface area contributed by atoms with Gasteiger partial charge in [-0.2, -0.15) is 0 Å². The number of carbonyl (C=O) groups is 1. The van der Waals surface area contributed by atoms with E-state index in [0.717, 1.165) is 5.56 Å². The van der Waals surface area contributed by atoms with E-state index < -0.39 is 6.10 Å². The molecule has 1 amide bonds. The van der Waals surface area contributed by atoms with E-state index in [0.29, 0.717) is 23.4 Å². The van der Waals surface area contributed by atoms with Gasteiger partial charge < -0.3 is 15.4 Å². The third kappa shape index (κ3) is 2.99. The van der Waals surface area contributed by atoms with E-state index in [1.165, 1.54) is 6.07 Å². The van der Waals surface area contributed by atoms with Crippen molar-refractivity contribution in [2.75, 3.05) is 4.90 Å². The van der Waals surface area contributed by atoms with Crippen LogP contribution < -0.4 is 15.4 Å². The van der Waals surface area contributed by atoms with Crippen LogP contribution in [0.25, 0.3) is 0 Å². The lowest BCUT2D eigenvalue weighted by molar-refractivity contribution is -0.126. The Morgan fingerprint density at radius 2 is 2.04 bits per heavy atom. The van der Waals surface area contributed by atoms with Crippen molar-refractivity contribution in [2.45, 2.75) is 39.0 Å². The molecule has 3 rings (SSSR count). The minimum Gasteiger partial charge on any atom is -0.478 e. The summed E-state index contributed by atoms with van der Waals surface area (Å²) in [6.07, 6.45) is 0.00610. The Hall–Kier alpha value is -2.40. The van der Waals surface area contributed by atoms with Gasteiger partial charge in [0.25, 0.3) is 5.91 Å². The molecule has 1 aliphatic heterocycles. The molecule has 1 aliphatic rings. The number of fused-ring (bicyclic) bond motifs is 1. The summed E-state index contributed by atoms with van der Waals surface area (Å²) in [6.45, 7) is 3.94. The lowest BCUT2D eigenvalue weighted by atomic mass is 10.0. The van der Waals surface area contributed by atoms with Crippen molar-refractivity contribution >= 4 is 11.6 Å². The molecule has 0 saturated carbocycles. The molecule has 2 aromatic carbocycles. The maximum atomic E-state index is 14.0. The fourth-order valence-electron chi connectivity index (χ4n) is 2.84. The van der Waals surface area contributed by atoms with Crippen molar-refractivity contribution < 1.29 is 13.9 Å². The monoisotopic (exact) mass is 328 g/mol. The van der Waals surface area contributed by atoms with Crippen LogP contribution in [0, 0.1) is 5.82 Å². The van der Waals surface area contributed by atoms with Crippen LogP contribution in [0.3, 0.4) is 0 Å². The van der Waals surface area contributed by atoms with Crippen molar-refractivity contribution in [3.05, 3.63) is 59.4 Å². The van der Waals surface area contributed by atoms with Crippen LogP contribution in [-0.2, 0) is 11.3 Å². The zero-order valence-corrected chi connectivity index (χ0v) is 13.8. The summed E-state index contributed by atoms with van der Waals surface area (Å²) in [6, 6.07) is 11.9. The number of hydrogen-bond donors (Lipinski definition) is 1. The van der Waals surface area contributed by atoms with Crippen LogP contribution in [0.2, 0.25) is 0 Å². The SMILES string of the molecule is CCC1Oc2ccc(C(C)N)cc2N(Cc2ccccc2F)C1=O. The third-order valence-electron chi connectivity index (χ3n) is 4.27. The third-order valence-corrected chi connectivity index (χ3v) is 4.27. The van der Waals surface area contributed by atoms with Gasteiger partial charge in [-0.3, -0.25) is 4.79 Å². The first-order valence-corrected chi connectivity index (χ1v) is 8.12. The number of anilines is 1. The predicted octanol–water partition coefficient (Wildman–Crippen LogP) is 3.55. The minimum absolute atomic E-state index is 0.157. The fraction of sp³-hybridized carbons (Fsp3) is 0.316. The number of halogens is 1. The average Bonchev–Trinajstić information content (AvgIpc) is 2.58. The summed E-state index contributed by atoms with van der Waals surface area (Å²) in [5.41, 5.74) is 7.97. The first-order valence-electron chi connectivity index (χ1n) is 8.12. The molecule has 2 N–H and O–H groups in total. The quantitative estimate of drug-likeness (QED) is 0.934. The van der Waals surface area contributed by atoms with Gasteiger partial charge >= 0.3 is 0 Å². The van der Waals surface area contributed by atoms with Crippen molar-refractivity contribution in [1.82, 2.24) is 0 Å². The van der Waals surface area contributed by atoms with Gasteiger partial charge in [0.15, 0.2) is 6.10 Å². The highest BCUT2D eigenvalue weighted by molar-refractivity contribution is 6.00. The van der Waals surface area contributed by atoms with Crippen molar-refractivity contribution in [2.24, 2.45) is 5.73 Å². The number of rotatable bonds is 4. The Kier molecular flexibility index (Phi) is 4.53. The molecule has 0 aromatic heterocycles. The molecule has 5 heteroatoms. The molecule has 0 fully saturated rings. The van der Waals surface area contributed by atoms with Crippen LogP contribution in [-0.4, -0.2) is 12.0 Å². The molecule has 0 saturated heterocycles. The van der Waals surface area contributed by atoms with Crippen LogP contribution in [0.4, 0.5) is 10.1 Å². The minimum atomic E-state index is -0.551. The van der Waals surface area contributed by atoms with Crippen LogP contribution in [0.1, 0.15) is 37.4 Å². The number of nitrogens with zero attached hydrogens (tertiary/aromatic N) is 1. The Bertz CT molecular complexity index is 761. The standard InChI is InChI=1S/C19H21FN2O2/c1-3-17-19(23)22(11-14-6-4-5-7-15(14)20)16-10-13(12(2)21)8-9-18(16)24-17/h4-10,12,17H,3,11,21H2,1-2H3. The lowest BCUT2D eigenvalue weighted by Gasteiger charge is -2.34. The van der Waals surface area contributed by atoms with E-state index in [1.807, 2.05) is 32.0 Å². The zero-order chi connectivity index (χ0) is 17.3. The second kappa shape index (κ2) is 6.61. The zero-order valence-electron chi connectivity index (χ0n) is 13.8. The summed E-state index contributed by atoms with van der Waals surface area (Å²) in [5.74, 6) is 0.145. The number of carbonyl (C=O) groups excluding carboxylic acids is 1. The normalized spacial score (nSPS) is 18.1. The molecule has 4 nitrogen and oxygen atoms in total. The second-order valence-corrected chi connectivity index (χ2v) is 6.05. The summed E-state index contributed by atoms with van der Waals surface area (Å²) < 4.78 is 19.8. The van der Waals surface area contributed by atoms with Gasteiger partial charge in [-0.05, 0) is 37.1 Å². The van der Waals surface area contributed by atoms with Gasteiger partial charge in [0.05, 0.1) is 12.2 Å².